The number of hydrogen-bond donors (Lipinski definition) is 9. The summed E-state index contributed by atoms with van der Waals surface area (Å²) >= 11 is 0. The highest BCUT2D eigenvalue weighted by atomic mass is 16.5. The molecule has 2 aromatic carbocycles. The van der Waals surface area contributed by atoms with Crippen LogP contribution in [0.5, 0.6) is 28.7 Å². The molecule has 7 atom stereocenters. The average Bonchev–Trinajstić information content (AvgIpc) is 2.75. The lowest BCUT2D eigenvalue weighted by atomic mass is 9.86. The van der Waals surface area contributed by atoms with Crippen LogP contribution in [0.2, 0.25) is 0 Å². The van der Waals surface area contributed by atoms with Crippen molar-refractivity contribution in [2.24, 2.45) is 0 Å². The highest BCUT2D eigenvalue weighted by Gasteiger charge is 2.47. The van der Waals surface area contributed by atoms with Crippen LogP contribution >= 0.6 is 0 Å². The van der Waals surface area contributed by atoms with Gasteiger partial charge in [-0.3, -0.25) is 0 Å². The molecule has 0 amide bonds. The number of fused-ring (bicyclic) bond motifs is 1. The van der Waals surface area contributed by atoms with Gasteiger partial charge in [-0.05, 0) is 17.7 Å². The van der Waals surface area contributed by atoms with Crippen molar-refractivity contribution in [2.45, 2.75) is 49.1 Å². The van der Waals surface area contributed by atoms with E-state index in [1.807, 2.05) is 0 Å². The van der Waals surface area contributed by atoms with Gasteiger partial charge in [0, 0.05) is 18.1 Å². The molecular formula is C21H24O11. The van der Waals surface area contributed by atoms with Crippen molar-refractivity contribution in [1.82, 2.24) is 0 Å². The Morgan fingerprint density at radius 1 is 0.781 bits per heavy atom. The van der Waals surface area contributed by atoms with Crippen LogP contribution in [-0.2, 0) is 11.2 Å². The fraction of sp³-hybridized carbons (Fsp3) is 0.429. The number of ether oxygens (including phenoxy) is 2. The Hall–Kier alpha value is -2.80. The summed E-state index contributed by atoms with van der Waals surface area (Å²) in [6.07, 6.45) is -10.2. The van der Waals surface area contributed by atoms with Gasteiger partial charge >= 0.3 is 0 Å². The van der Waals surface area contributed by atoms with Crippen molar-refractivity contribution in [2.75, 3.05) is 6.61 Å². The van der Waals surface area contributed by atoms with Gasteiger partial charge in [0.2, 0.25) is 0 Å². The molecule has 2 aliphatic rings. The van der Waals surface area contributed by atoms with E-state index < -0.39 is 66.6 Å². The third-order valence-electron chi connectivity index (χ3n) is 5.89. The summed E-state index contributed by atoms with van der Waals surface area (Å²) in [6.45, 7) is -0.683. The van der Waals surface area contributed by atoms with Crippen molar-refractivity contribution in [3.05, 3.63) is 41.0 Å². The third-order valence-corrected chi connectivity index (χ3v) is 5.89. The molecule has 2 aliphatic heterocycles. The molecule has 1 saturated heterocycles. The van der Waals surface area contributed by atoms with Gasteiger partial charge in [0.1, 0.15) is 53.9 Å². The first kappa shape index (κ1) is 22.4. The second-order valence-corrected chi connectivity index (χ2v) is 7.94. The van der Waals surface area contributed by atoms with Crippen molar-refractivity contribution < 1.29 is 55.4 Å². The second-order valence-electron chi connectivity index (χ2n) is 7.94. The SMILES string of the molecule is OC[C@H]1O[C@@H](c2c(O)cc(O)c3c2O[C@@H](c2ccc(O)c(O)c2)[C@H](O)C3)[C@H](O)[C@@H](O)[C@@H]1O. The maximum Gasteiger partial charge on any atom is 0.157 e. The number of phenols is 4. The molecule has 2 aromatic rings. The van der Waals surface area contributed by atoms with Crippen LogP contribution < -0.4 is 4.74 Å². The molecule has 4 rings (SSSR count). The van der Waals surface area contributed by atoms with E-state index in [1.165, 1.54) is 18.2 Å². The Labute approximate surface area is 181 Å². The fourth-order valence-electron chi connectivity index (χ4n) is 4.17. The largest absolute Gasteiger partial charge is 0.507 e. The standard InChI is InChI=1S/C21H24O11/c22-6-14-16(28)17(29)18(30)21(31-14)15-12(26)5-10(24)8-4-13(27)19(32-20(8)15)7-1-2-9(23)11(25)3-7/h1-3,5,13-14,16-19,21-30H,4,6H2/t13-,14-,16-,17+,18-,19+,21+/m1/s1. The van der Waals surface area contributed by atoms with E-state index in [0.29, 0.717) is 0 Å². The number of phenolic OH excluding ortho intramolecular Hbond substituents is 4. The smallest absolute Gasteiger partial charge is 0.157 e. The first-order valence-electron chi connectivity index (χ1n) is 9.88. The summed E-state index contributed by atoms with van der Waals surface area (Å²) < 4.78 is 11.4. The van der Waals surface area contributed by atoms with E-state index >= 15 is 0 Å². The van der Waals surface area contributed by atoms with E-state index in [1.54, 1.807) is 0 Å². The van der Waals surface area contributed by atoms with Gasteiger partial charge in [0.05, 0.1) is 18.3 Å². The minimum atomic E-state index is -1.72. The number of hydrogen-bond acceptors (Lipinski definition) is 11. The zero-order chi connectivity index (χ0) is 23.3. The average molecular weight is 452 g/mol. The minimum absolute atomic E-state index is 0.0986. The van der Waals surface area contributed by atoms with Crippen LogP contribution in [0, 0.1) is 0 Å². The quantitative estimate of drug-likeness (QED) is 0.260. The molecular weight excluding hydrogens is 428 g/mol. The number of aliphatic hydroxyl groups is 5. The Morgan fingerprint density at radius 3 is 2.16 bits per heavy atom. The molecule has 0 aromatic heterocycles. The maximum atomic E-state index is 10.6. The molecule has 0 saturated carbocycles. The van der Waals surface area contributed by atoms with Crippen molar-refractivity contribution in [3.8, 4) is 28.7 Å². The van der Waals surface area contributed by atoms with E-state index in [2.05, 4.69) is 0 Å². The van der Waals surface area contributed by atoms with Crippen LogP contribution in [0.4, 0.5) is 0 Å². The summed E-state index contributed by atoms with van der Waals surface area (Å²) in [7, 11) is 0. The van der Waals surface area contributed by atoms with Gasteiger partial charge < -0.3 is 55.4 Å². The first-order valence-corrected chi connectivity index (χ1v) is 9.88. The Bertz CT molecular complexity index is 1010. The van der Waals surface area contributed by atoms with Gasteiger partial charge in [-0.25, -0.2) is 0 Å². The predicted octanol–water partition coefficient (Wildman–Crippen LogP) is -0.939. The maximum absolute atomic E-state index is 10.6. The van der Waals surface area contributed by atoms with E-state index in [4.69, 9.17) is 9.47 Å². The highest BCUT2D eigenvalue weighted by Crippen LogP contribution is 2.50. The molecule has 0 bridgehead atoms. The molecule has 11 heteroatoms. The molecule has 0 aliphatic carbocycles. The van der Waals surface area contributed by atoms with Gasteiger partial charge in [0.25, 0.3) is 0 Å². The van der Waals surface area contributed by atoms with E-state index in [9.17, 15) is 46.0 Å². The Balaban J connectivity index is 1.80. The number of aliphatic hydroxyl groups excluding tert-OH is 5. The monoisotopic (exact) mass is 452 g/mol. The molecule has 0 radical (unpaired) electrons. The van der Waals surface area contributed by atoms with Crippen LogP contribution in [0.3, 0.4) is 0 Å². The lowest BCUT2D eigenvalue weighted by Crippen LogP contribution is -2.55. The van der Waals surface area contributed by atoms with Crippen molar-refractivity contribution in [1.29, 1.82) is 0 Å². The van der Waals surface area contributed by atoms with Crippen LogP contribution in [0.15, 0.2) is 24.3 Å². The lowest BCUT2D eigenvalue weighted by molar-refractivity contribution is -0.232. The number of benzene rings is 2. The summed E-state index contributed by atoms with van der Waals surface area (Å²) in [5.41, 5.74) is 0.220. The third kappa shape index (κ3) is 3.58. The number of aromatic hydroxyl groups is 4. The molecule has 32 heavy (non-hydrogen) atoms. The Kier molecular flexibility index (Phi) is 5.79. The summed E-state index contributed by atoms with van der Waals surface area (Å²) in [5, 5.41) is 91.0. The molecule has 174 valence electrons. The van der Waals surface area contributed by atoms with E-state index in [-0.39, 0.29) is 34.6 Å². The lowest BCUT2D eigenvalue weighted by Gasteiger charge is -2.42. The minimum Gasteiger partial charge on any atom is -0.507 e. The molecule has 0 spiro atoms. The Morgan fingerprint density at radius 2 is 1.50 bits per heavy atom. The van der Waals surface area contributed by atoms with Crippen LogP contribution in [0.25, 0.3) is 0 Å². The molecule has 2 heterocycles. The molecule has 11 nitrogen and oxygen atoms in total. The predicted molar refractivity (Wildman–Crippen MR) is 105 cm³/mol. The van der Waals surface area contributed by atoms with Crippen LogP contribution in [-0.4, -0.2) is 83.1 Å². The molecule has 9 N–H and O–H groups in total. The topological polar surface area (TPSA) is 201 Å². The zero-order valence-electron chi connectivity index (χ0n) is 16.6. The summed E-state index contributed by atoms with van der Waals surface area (Å²) in [4.78, 5) is 0. The highest BCUT2D eigenvalue weighted by molar-refractivity contribution is 5.59. The van der Waals surface area contributed by atoms with Crippen molar-refractivity contribution >= 4 is 0 Å². The van der Waals surface area contributed by atoms with Gasteiger partial charge in [-0.15, -0.1) is 0 Å². The van der Waals surface area contributed by atoms with Gasteiger partial charge in [-0.2, -0.15) is 0 Å². The summed E-state index contributed by atoms with van der Waals surface area (Å²) in [5.74, 6) is -1.89. The normalized spacial score (nSPS) is 32.2. The second kappa shape index (κ2) is 8.28. The number of rotatable bonds is 3. The fourth-order valence-corrected chi connectivity index (χ4v) is 4.17. The van der Waals surface area contributed by atoms with E-state index in [0.717, 1.165) is 6.07 Å². The molecule has 0 unspecified atom stereocenters. The first-order chi connectivity index (χ1) is 15.1. The van der Waals surface area contributed by atoms with Gasteiger partial charge in [0.15, 0.2) is 11.5 Å². The van der Waals surface area contributed by atoms with Crippen LogP contribution in [0.1, 0.15) is 28.9 Å². The molecule has 1 fully saturated rings. The van der Waals surface area contributed by atoms with Crippen molar-refractivity contribution in [3.63, 3.8) is 0 Å². The zero-order valence-corrected chi connectivity index (χ0v) is 16.6. The van der Waals surface area contributed by atoms with Gasteiger partial charge in [-0.1, -0.05) is 6.07 Å². The summed E-state index contributed by atoms with van der Waals surface area (Å²) in [6, 6.07) is 4.77.